The number of Topliss-reactive ketones (excluding diaryl/α,β-unsaturated/α-hetero) is 1. The summed E-state index contributed by atoms with van der Waals surface area (Å²) in [7, 11) is 1.44. The third-order valence-electron chi connectivity index (χ3n) is 1.39. The number of halogens is 2. The van der Waals surface area contributed by atoms with Gasteiger partial charge in [-0.05, 0) is 12.1 Å². The van der Waals surface area contributed by atoms with Crippen LogP contribution in [-0.2, 0) is 11.3 Å². The fourth-order valence-electron chi connectivity index (χ4n) is 0.838. The van der Waals surface area contributed by atoms with Gasteiger partial charge in [0.05, 0.1) is 0 Å². The first-order valence-corrected chi connectivity index (χ1v) is 3.55. The minimum Gasteiger partial charge on any atom is -0.455 e. The van der Waals surface area contributed by atoms with E-state index in [1.165, 1.54) is 19.2 Å². The molecule has 0 fully saturated rings. The topological polar surface area (TPSA) is 39.4 Å². The van der Waals surface area contributed by atoms with Crippen LogP contribution in [-0.4, -0.2) is 19.3 Å². The summed E-state index contributed by atoms with van der Waals surface area (Å²) in [6, 6.07) is 2.64. The maximum Gasteiger partial charge on any atom is 0.303 e. The Morgan fingerprint density at radius 1 is 1.62 bits per heavy atom. The summed E-state index contributed by atoms with van der Waals surface area (Å²) in [4.78, 5) is 10.7. The highest BCUT2D eigenvalue weighted by Crippen LogP contribution is 2.12. The smallest absolute Gasteiger partial charge is 0.303 e. The second-order valence-electron chi connectivity index (χ2n) is 2.36. The molecule has 0 N–H and O–H groups in total. The Kier molecular flexibility index (Phi) is 3.13. The number of hydrogen-bond donors (Lipinski definition) is 0. The zero-order valence-corrected chi connectivity index (χ0v) is 6.92. The monoisotopic (exact) mass is 190 g/mol. The molecule has 0 saturated heterocycles. The highest BCUT2D eigenvalue weighted by Gasteiger charge is 2.21. The van der Waals surface area contributed by atoms with Crippen molar-refractivity contribution in [3.8, 4) is 0 Å². The summed E-state index contributed by atoms with van der Waals surface area (Å²) in [6.45, 7) is 0.163. The van der Waals surface area contributed by atoms with Gasteiger partial charge in [-0.1, -0.05) is 0 Å². The number of rotatable bonds is 4. The van der Waals surface area contributed by atoms with E-state index in [1.54, 1.807) is 0 Å². The van der Waals surface area contributed by atoms with Crippen LogP contribution in [0.2, 0.25) is 0 Å². The van der Waals surface area contributed by atoms with Crippen molar-refractivity contribution in [2.45, 2.75) is 13.0 Å². The van der Waals surface area contributed by atoms with E-state index in [9.17, 15) is 13.6 Å². The molecule has 0 amide bonds. The van der Waals surface area contributed by atoms with Gasteiger partial charge in [-0.2, -0.15) is 0 Å². The van der Waals surface area contributed by atoms with Crippen molar-refractivity contribution in [2.75, 3.05) is 7.11 Å². The molecule has 5 heteroatoms. The van der Waals surface area contributed by atoms with Gasteiger partial charge in [-0.25, -0.2) is 8.78 Å². The van der Waals surface area contributed by atoms with Crippen molar-refractivity contribution in [3.63, 3.8) is 0 Å². The van der Waals surface area contributed by atoms with E-state index < -0.39 is 12.2 Å². The predicted molar refractivity (Wildman–Crippen MR) is 39.8 cm³/mol. The average molecular weight is 190 g/mol. The van der Waals surface area contributed by atoms with E-state index >= 15 is 0 Å². The minimum absolute atomic E-state index is 0.163. The molecule has 1 rings (SSSR count). The highest BCUT2D eigenvalue weighted by molar-refractivity contribution is 5.95. The first kappa shape index (κ1) is 9.85. The molecule has 0 aliphatic carbocycles. The zero-order valence-electron chi connectivity index (χ0n) is 6.92. The Hall–Kier alpha value is -1.23. The summed E-state index contributed by atoms with van der Waals surface area (Å²) < 4.78 is 33.2. The first-order valence-electron chi connectivity index (χ1n) is 3.55. The van der Waals surface area contributed by atoms with Crippen molar-refractivity contribution in [2.24, 2.45) is 0 Å². The number of alkyl halides is 2. The molecule has 1 heterocycles. The van der Waals surface area contributed by atoms with Crippen LogP contribution in [0.1, 0.15) is 16.3 Å². The molecule has 0 bridgehead atoms. The third kappa shape index (κ3) is 2.35. The van der Waals surface area contributed by atoms with Crippen LogP contribution in [0.25, 0.3) is 0 Å². The molecule has 1 aromatic rings. The molecule has 13 heavy (non-hydrogen) atoms. The van der Waals surface area contributed by atoms with Gasteiger partial charge in [-0.3, -0.25) is 4.79 Å². The van der Waals surface area contributed by atoms with Crippen LogP contribution >= 0.6 is 0 Å². The molecule has 0 saturated carbocycles. The van der Waals surface area contributed by atoms with Gasteiger partial charge >= 0.3 is 6.43 Å². The molecule has 72 valence electrons. The second-order valence-corrected chi connectivity index (χ2v) is 2.36. The molecule has 0 radical (unpaired) electrons. The largest absolute Gasteiger partial charge is 0.455 e. The maximum atomic E-state index is 11.9. The van der Waals surface area contributed by atoms with Crippen LogP contribution in [0.4, 0.5) is 8.78 Å². The second kappa shape index (κ2) is 4.13. The van der Waals surface area contributed by atoms with Crippen LogP contribution in [0.15, 0.2) is 16.5 Å². The Morgan fingerprint density at radius 2 is 2.31 bits per heavy atom. The van der Waals surface area contributed by atoms with Crippen molar-refractivity contribution in [1.29, 1.82) is 0 Å². The number of carbonyl (C=O) groups excluding carboxylic acids is 1. The summed E-state index contributed by atoms with van der Waals surface area (Å²) in [5, 5.41) is 0. The van der Waals surface area contributed by atoms with Gasteiger partial charge < -0.3 is 9.15 Å². The summed E-state index contributed by atoms with van der Waals surface area (Å²) in [6.07, 6.45) is -3.03. The van der Waals surface area contributed by atoms with Gasteiger partial charge in [0, 0.05) is 7.11 Å². The van der Waals surface area contributed by atoms with E-state index in [2.05, 4.69) is 4.74 Å². The van der Waals surface area contributed by atoms with Crippen LogP contribution in [0.5, 0.6) is 0 Å². The molecule has 0 atom stereocenters. The van der Waals surface area contributed by atoms with Gasteiger partial charge in [0.15, 0.2) is 5.76 Å². The number of ketones is 1. The summed E-state index contributed by atoms with van der Waals surface area (Å²) in [5.41, 5.74) is 0. The van der Waals surface area contributed by atoms with Gasteiger partial charge in [0.25, 0.3) is 5.78 Å². The molecule has 0 aliphatic heterocycles. The predicted octanol–water partition coefficient (Wildman–Crippen LogP) is 1.87. The van der Waals surface area contributed by atoms with Crippen molar-refractivity contribution < 1.29 is 22.7 Å². The quantitative estimate of drug-likeness (QED) is 0.680. The minimum atomic E-state index is -3.03. The van der Waals surface area contributed by atoms with E-state index in [1.807, 2.05) is 0 Å². The van der Waals surface area contributed by atoms with E-state index in [0.29, 0.717) is 5.76 Å². The maximum absolute atomic E-state index is 11.9. The summed E-state index contributed by atoms with van der Waals surface area (Å²) in [5.74, 6) is -1.28. The molecule has 3 nitrogen and oxygen atoms in total. The van der Waals surface area contributed by atoms with E-state index in [0.717, 1.165) is 0 Å². The van der Waals surface area contributed by atoms with Gasteiger partial charge in [0.2, 0.25) is 0 Å². The number of methoxy groups -OCH3 is 1. The molecule has 0 aromatic carbocycles. The van der Waals surface area contributed by atoms with Gasteiger partial charge in [-0.15, -0.1) is 0 Å². The lowest BCUT2D eigenvalue weighted by Crippen LogP contribution is -2.08. The Balaban J connectivity index is 2.73. The number of carbonyl (C=O) groups is 1. The Morgan fingerprint density at radius 3 is 2.85 bits per heavy atom. The van der Waals surface area contributed by atoms with Crippen molar-refractivity contribution >= 4 is 5.78 Å². The third-order valence-corrected chi connectivity index (χ3v) is 1.39. The fraction of sp³-hybridized carbons (Fsp3) is 0.375. The molecule has 0 aliphatic rings. The number of hydrogen-bond acceptors (Lipinski definition) is 3. The molecular weight excluding hydrogens is 182 g/mol. The fourth-order valence-corrected chi connectivity index (χ4v) is 0.838. The lowest BCUT2D eigenvalue weighted by atomic mass is 10.3. The van der Waals surface area contributed by atoms with Crippen LogP contribution in [0.3, 0.4) is 0 Å². The molecular formula is C8H8F2O3. The Bertz CT molecular complexity index is 293. The number of furan rings is 1. The zero-order chi connectivity index (χ0) is 9.84. The Labute approximate surface area is 73.3 Å². The van der Waals surface area contributed by atoms with E-state index in [4.69, 9.17) is 4.42 Å². The molecule has 1 aromatic heterocycles. The average Bonchev–Trinajstić information content (AvgIpc) is 2.52. The SMILES string of the molecule is COCc1ccc(C(=O)C(F)F)o1. The van der Waals surface area contributed by atoms with Crippen LogP contribution in [0, 0.1) is 0 Å². The van der Waals surface area contributed by atoms with E-state index in [-0.39, 0.29) is 12.4 Å². The lowest BCUT2D eigenvalue weighted by Gasteiger charge is -1.94. The molecule has 0 spiro atoms. The van der Waals surface area contributed by atoms with Crippen LogP contribution < -0.4 is 0 Å². The first-order chi connectivity index (χ1) is 6.15. The normalized spacial score (nSPS) is 10.8. The lowest BCUT2D eigenvalue weighted by molar-refractivity contribution is 0.0642. The van der Waals surface area contributed by atoms with Crippen molar-refractivity contribution in [1.82, 2.24) is 0 Å². The highest BCUT2D eigenvalue weighted by atomic mass is 19.3. The molecule has 0 unspecified atom stereocenters. The van der Waals surface area contributed by atoms with Crippen molar-refractivity contribution in [3.05, 3.63) is 23.7 Å². The summed E-state index contributed by atoms with van der Waals surface area (Å²) >= 11 is 0. The number of ether oxygens (including phenoxy) is 1. The van der Waals surface area contributed by atoms with Gasteiger partial charge in [0.1, 0.15) is 12.4 Å². The standard InChI is InChI=1S/C8H8F2O3/c1-12-4-5-2-3-6(13-5)7(11)8(9)10/h2-3,8H,4H2,1H3.